The molecule has 0 spiro atoms. The summed E-state index contributed by atoms with van der Waals surface area (Å²) < 4.78 is 6.01. The fourth-order valence-corrected chi connectivity index (χ4v) is 3.17. The van der Waals surface area contributed by atoms with Gasteiger partial charge in [-0.05, 0) is 44.9 Å². The topological polar surface area (TPSA) is 51.2 Å². The monoisotopic (exact) mass is 324 g/mol. The van der Waals surface area contributed by atoms with Crippen molar-refractivity contribution in [2.24, 2.45) is 0 Å². The van der Waals surface area contributed by atoms with Crippen LogP contribution in [-0.4, -0.2) is 16.5 Å². The number of amides is 1. The molecule has 0 aliphatic carbocycles. The van der Waals surface area contributed by atoms with Gasteiger partial charge in [0.05, 0.1) is 6.04 Å². The lowest BCUT2D eigenvalue weighted by Crippen LogP contribution is -2.41. The summed E-state index contributed by atoms with van der Waals surface area (Å²) in [6, 6.07) is 13.8. The lowest BCUT2D eigenvalue weighted by Gasteiger charge is -2.37. The van der Waals surface area contributed by atoms with Gasteiger partial charge < -0.3 is 10.1 Å². The lowest BCUT2D eigenvalue weighted by atomic mass is 9.89. The predicted octanol–water partition coefficient (Wildman–Crippen LogP) is 3.82. The Balaban J connectivity index is 1.58. The number of hydrogen-bond acceptors (Lipinski definition) is 3. The Morgan fingerprint density at radius 2 is 2.04 bits per heavy atom. The summed E-state index contributed by atoms with van der Waals surface area (Å²) in [6.07, 6.45) is 4.70. The summed E-state index contributed by atoms with van der Waals surface area (Å²) in [7, 11) is 0. The van der Waals surface area contributed by atoms with Crippen molar-refractivity contribution in [1.82, 2.24) is 10.3 Å². The van der Waals surface area contributed by atoms with Gasteiger partial charge in [-0.25, -0.2) is 0 Å². The first-order chi connectivity index (χ1) is 11.5. The molecule has 4 heteroatoms. The van der Waals surface area contributed by atoms with Gasteiger partial charge in [0.15, 0.2) is 0 Å². The third kappa shape index (κ3) is 4.13. The molecule has 1 aliphatic heterocycles. The third-order valence-corrected chi connectivity index (χ3v) is 4.27. The van der Waals surface area contributed by atoms with Crippen molar-refractivity contribution in [1.29, 1.82) is 0 Å². The number of ether oxygens (including phenoxy) is 1. The minimum Gasteiger partial charge on any atom is -0.487 e. The Morgan fingerprint density at radius 1 is 1.25 bits per heavy atom. The largest absolute Gasteiger partial charge is 0.487 e. The van der Waals surface area contributed by atoms with Crippen LogP contribution in [0, 0.1) is 0 Å². The quantitative estimate of drug-likeness (QED) is 0.909. The molecular formula is C20H24N2O2. The van der Waals surface area contributed by atoms with Crippen molar-refractivity contribution in [3.05, 3.63) is 59.9 Å². The van der Waals surface area contributed by atoms with Crippen molar-refractivity contribution in [3.63, 3.8) is 0 Å². The zero-order chi connectivity index (χ0) is 17.0. The van der Waals surface area contributed by atoms with E-state index in [9.17, 15) is 4.79 Å². The molecule has 1 aromatic heterocycles. The number of benzene rings is 1. The van der Waals surface area contributed by atoms with Crippen LogP contribution in [0.3, 0.4) is 0 Å². The van der Waals surface area contributed by atoms with Crippen LogP contribution in [0.5, 0.6) is 5.75 Å². The number of rotatable bonds is 5. The highest BCUT2D eigenvalue weighted by Crippen LogP contribution is 2.39. The normalized spacial score (nSPS) is 18.3. The summed E-state index contributed by atoms with van der Waals surface area (Å²) in [5.41, 5.74) is 1.82. The summed E-state index contributed by atoms with van der Waals surface area (Å²) >= 11 is 0. The SMILES string of the molecule is CC1(C)C[C@H](NC(=O)CCCc2ccccn2)c2ccccc2O1. The van der Waals surface area contributed by atoms with Crippen LogP contribution in [0.4, 0.5) is 0 Å². The standard InChI is InChI=1S/C20H24N2O2/c1-20(2)14-17(16-10-3-4-11-18(16)24-20)22-19(23)12-7-9-15-8-5-6-13-21-15/h3-6,8,10-11,13,17H,7,9,12,14H2,1-2H3,(H,22,23)/t17-/m0/s1. The first-order valence-electron chi connectivity index (χ1n) is 8.51. The van der Waals surface area contributed by atoms with Crippen molar-refractivity contribution < 1.29 is 9.53 Å². The fraction of sp³-hybridized carbons (Fsp3) is 0.400. The first kappa shape index (κ1) is 16.5. The highest BCUT2D eigenvalue weighted by atomic mass is 16.5. The number of pyridine rings is 1. The number of nitrogens with zero attached hydrogens (tertiary/aromatic N) is 1. The van der Waals surface area contributed by atoms with Crippen molar-refractivity contribution in [3.8, 4) is 5.75 Å². The van der Waals surface area contributed by atoms with E-state index >= 15 is 0 Å². The van der Waals surface area contributed by atoms with E-state index in [4.69, 9.17) is 4.74 Å². The number of carbonyl (C=O) groups is 1. The molecule has 1 atom stereocenters. The van der Waals surface area contributed by atoms with Crippen LogP contribution < -0.4 is 10.1 Å². The Hall–Kier alpha value is -2.36. The summed E-state index contributed by atoms with van der Waals surface area (Å²) in [6.45, 7) is 4.12. The zero-order valence-electron chi connectivity index (χ0n) is 14.3. The molecule has 0 bridgehead atoms. The molecule has 1 aromatic carbocycles. The van der Waals surface area contributed by atoms with E-state index in [2.05, 4.69) is 24.1 Å². The summed E-state index contributed by atoms with van der Waals surface area (Å²) in [5.74, 6) is 0.955. The highest BCUT2D eigenvalue weighted by Gasteiger charge is 2.34. The second-order valence-electron chi connectivity index (χ2n) is 6.90. The molecule has 0 radical (unpaired) electrons. The maximum Gasteiger partial charge on any atom is 0.220 e. The molecule has 2 heterocycles. The molecule has 3 rings (SSSR count). The first-order valence-corrected chi connectivity index (χ1v) is 8.51. The average molecular weight is 324 g/mol. The van der Waals surface area contributed by atoms with Gasteiger partial charge >= 0.3 is 0 Å². The van der Waals surface area contributed by atoms with Gasteiger partial charge in [0.1, 0.15) is 11.4 Å². The number of nitrogens with one attached hydrogen (secondary N) is 1. The van der Waals surface area contributed by atoms with E-state index in [1.165, 1.54) is 0 Å². The van der Waals surface area contributed by atoms with Crippen LogP contribution in [0.25, 0.3) is 0 Å². The molecule has 0 saturated carbocycles. The molecule has 0 unspecified atom stereocenters. The van der Waals surface area contributed by atoms with Crippen LogP contribution in [0.2, 0.25) is 0 Å². The van der Waals surface area contributed by atoms with Gasteiger partial charge in [0.25, 0.3) is 0 Å². The molecule has 24 heavy (non-hydrogen) atoms. The van der Waals surface area contributed by atoms with Crippen LogP contribution in [0.15, 0.2) is 48.7 Å². The third-order valence-electron chi connectivity index (χ3n) is 4.27. The van der Waals surface area contributed by atoms with E-state index in [0.717, 1.165) is 36.3 Å². The summed E-state index contributed by atoms with van der Waals surface area (Å²) in [4.78, 5) is 16.6. The van der Waals surface area contributed by atoms with E-state index in [1.807, 2.05) is 42.5 Å². The van der Waals surface area contributed by atoms with Gasteiger partial charge in [-0.2, -0.15) is 0 Å². The molecule has 1 amide bonds. The van der Waals surface area contributed by atoms with E-state index in [-0.39, 0.29) is 17.6 Å². The number of hydrogen-bond donors (Lipinski definition) is 1. The Kier molecular flexibility index (Phi) is 4.84. The Labute approximate surface area is 143 Å². The van der Waals surface area contributed by atoms with E-state index in [1.54, 1.807) is 6.20 Å². The molecule has 126 valence electrons. The van der Waals surface area contributed by atoms with Gasteiger partial charge in [-0.1, -0.05) is 24.3 Å². The lowest BCUT2D eigenvalue weighted by molar-refractivity contribution is -0.122. The van der Waals surface area contributed by atoms with E-state index in [0.29, 0.717) is 6.42 Å². The smallest absolute Gasteiger partial charge is 0.220 e. The van der Waals surface area contributed by atoms with Gasteiger partial charge in [-0.3, -0.25) is 9.78 Å². The van der Waals surface area contributed by atoms with Crippen molar-refractivity contribution in [2.75, 3.05) is 0 Å². The molecule has 0 saturated heterocycles. The maximum absolute atomic E-state index is 12.3. The molecule has 1 aliphatic rings. The highest BCUT2D eigenvalue weighted by molar-refractivity contribution is 5.76. The van der Waals surface area contributed by atoms with Crippen LogP contribution >= 0.6 is 0 Å². The fourth-order valence-electron chi connectivity index (χ4n) is 3.17. The number of fused-ring (bicyclic) bond motifs is 1. The Bertz CT molecular complexity index is 698. The van der Waals surface area contributed by atoms with Crippen molar-refractivity contribution in [2.45, 2.75) is 51.2 Å². The van der Waals surface area contributed by atoms with Crippen molar-refractivity contribution >= 4 is 5.91 Å². The number of carbonyl (C=O) groups excluding carboxylic acids is 1. The molecule has 2 aromatic rings. The number of para-hydroxylation sites is 1. The molecule has 0 fully saturated rings. The van der Waals surface area contributed by atoms with Crippen LogP contribution in [-0.2, 0) is 11.2 Å². The van der Waals surface area contributed by atoms with Crippen LogP contribution in [0.1, 0.15) is 50.4 Å². The van der Waals surface area contributed by atoms with Gasteiger partial charge in [0, 0.05) is 30.3 Å². The molecule has 4 nitrogen and oxygen atoms in total. The average Bonchev–Trinajstić information content (AvgIpc) is 2.55. The number of aromatic nitrogens is 1. The Morgan fingerprint density at radius 3 is 2.83 bits per heavy atom. The van der Waals surface area contributed by atoms with E-state index < -0.39 is 0 Å². The molecular weight excluding hydrogens is 300 g/mol. The second kappa shape index (κ2) is 7.04. The minimum absolute atomic E-state index is 0.00676. The second-order valence-corrected chi connectivity index (χ2v) is 6.90. The maximum atomic E-state index is 12.3. The van der Waals surface area contributed by atoms with Gasteiger partial charge in [0.2, 0.25) is 5.91 Å². The minimum atomic E-state index is -0.278. The van der Waals surface area contributed by atoms with Gasteiger partial charge in [-0.15, -0.1) is 0 Å². The molecule has 1 N–H and O–H groups in total. The predicted molar refractivity (Wildman–Crippen MR) is 93.8 cm³/mol. The summed E-state index contributed by atoms with van der Waals surface area (Å²) in [5, 5.41) is 3.18. The number of aryl methyl sites for hydroxylation is 1. The zero-order valence-corrected chi connectivity index (χ0v) is 14.3.